The lowest BCUT2D eigenvalue weighted by molar-refractivity contribution is 0.942. The van der Waals surface area contributed by atoms with Crippen LogP contribution in [-0.2, 0) is 12.8 Å². The number of H-pyrrole nitrogens is 1. The van der Waals surface area contributed by atoms with Gasteiger partial charge in [0.1, 0.15) is 11.6 Å². The van der Waals surface area contributed by atoms with Crippen molar-refractivity contribution in [3.05, 3.63) is 46.5 Å². The Kier molecular flexibility index (Phi) is 3.02. The van der Waals surface area contributed by atoms with Crippen LogP contribution < -0.4 is 0 Å². The topological polar surface area (TPSA) is 41.6 Å². The van der Waals surface area contributed by atoms with Gasteiger partial charge in [-0.25, -0.2) is 4.98 Å². The lowest BCUT2D eigenvalue weighted by Gasteiger charge is -1.99. The van der Waals surface area contributed by atoms with E-state index in [0.717, 1.165) is 28.7 Å². The van der Waals surface area contributed by atoms with Gasteiger partial charge in [-0.1, -0.05) is 36.7 Å². The Hall–Kier alpha value is -1.35. The predicted octanol–water partition coefficient (Wildman–Crippen LogP) is 2.61. The van der Waals surface area contributed by atoms with Crippen LogP contribution in [0.5, 0.6) is 0 Å². The maximum atomic E-state index is 6.05. The largest absolute Gasteiger partial charge is 0.263 e. The Morgan fingerprint density at radius 1 is 1.33 bits per heavy atom. The first-order valence-corrected chi connectivity index (χ1v) is 5.31. The smallest absolute Gasteiger partial charge is 0.150 e. The third kappa shape index (κ3) is 2.36. The van der Waals surface area contributed by atoms with E-state index >= 15 is 0 Å². The van der Waals surface area contributed by atoms with E-state index in [-0.39, 0.29) is 0 Å². The monoisotopic (exact) mass is 221 g/mol. The van der Waals surface area contributed by atoms with Crippen LogP contribution in [0.4, 0.5) is 0 Å². The van der Waals surface area contributed by atoms with Crippen LogP contribution >= 0.6 is 11.6 Å². The number of benzene rings is 1. The van der Waals surface area contributed by atoms with Crippen molar-refractivity contribution in [3.8, 4) is 0 Å². The summed E-state index contributed by atoms with van der Waals surface area (Å²) in [6.45, 7) is 2.03. The first kappa shape index (κ1) is 10.2. The summed E-state index contributed by atoms with van der Waals surface area (Å²) < 4.78 is 0. The van der Waals surface area contributed by atoms with Gasteiger partial charge in [-0.05, 0) is 11.6 Å². The van der Waals surface area contributed by atoms with Crippen LogP contribution in [0.3, 0.4) is 0 Å². The fourth-order valence-corrected chi connectivity index (χ4v) is 1.60. The van der Waals surface area contributed by atoms with Crippen LogP contribution in [0.1, 0.15) is 24.1 Å². The van der Waals surface area contributed by atoms with E-state index in [1.165, 1.54) is 0 Å². The Labute approximate surface area is 93.5 Å². The zero-order valence-electron chi connectivity index (χ0n) is 8.50. The highest BCUT2D eigenvalue weighted by atomic mass is 35.5. The molecular weight excluding hydrogens is 210 g/mol. The molecule has 3 nitrogen and oxygen atoms in total. The molecule has 0 atom stereocenters. The molecular formula is C11H12ClN3. The average Bonchev–Trinajstić information content (AvgIpc) is 2.69. The summed E-state index contributed by atoms with van der Waals surface area (Å²) in [6.07, 6.45) is 1.55. The number of aryl methyl sites for hydroxylation is 1. The van der Waals surface area contributed by atoms with Crippen LogP contribution in [0, 0.1) is 0 Å². The fourth-order valence-electron chi connectivity index (χ4n) is 1.39. The zero-order chi connectivity index (χ0) is 10.7. The van der Waals surface area contributed by atoms with Gasteiger partial charge < -0.3 is 0 Å². The molecule has 1 heterocycles. The van der Waals surface area contributed by atoms with Gasteiger partial charge in [-0.15, -0.1) is 0 Å². The highest BCUT2D eigenvalue weighted by Crippen LogP contribution is 2.17. The van der Waals surface area contributed by atoms with Crippen molar-refractivity contribution in [3.63, 3.8) is 0 Å². The van der Waals surface area contributed by atoms with Crippen LogP contribution in [0.2, 0.25) is 5.02 Å². The molecule has 0 bridgehead atoms. The maximum Gasteiger partial charge on any atom is 0.150 e. The molecule has 0 aliphatic carbocycles. The van der Waals surface area contributed by atoms with Gasteiger partial charge in [0.2, 0.25) is 0 Å². The number of nitrogens with one attached hydrogen (secondary N) is 1. The van der Waals surface area contributed by atoms with Crippen molar-refractivity contribution in [2.45, 2.75) is 19.8 Å². The number of rotatable bonds is 3. The van der Waals surface area contributed by atoms with E-state index in [1.54, 1.807) is 0 Å². The maximum absolute atomic E-state index is 6.05. The normalized spacial score (nSPS) is 10.5. The van der Waals surface area contributed by atoms with Crippen molar-refractivity contribution in [1.29, 1.82) is 0 Å². The second-order valence-electron chi connectivity index (χ2n) is 3.32. The van der Waals surface area contributed by atoms with Crippen molar-refractivity contribution < 1.29 is 0 Å². The van der Waals surface area contributed by atoms with Crippen LogP contribution in [0.15, 0.2) is 24.3 Å². The second kappa shape index (κ2) is 4.45. The highest BCUT2D eigenvalue weighted by molar-refractivity contribution is 6.31. The van der Waals surface area contributed by atoms with E-state index in [9.17, 15) is 0 Å². The van der Waals surface area contributed by atoms with Crippen molar-refractivity contribution >= 4 is 11.6 Å². The molecule has 0 spiro atoms. The quantitative estimate of drug-likeness (QED) is 0.866. The summed E-state index contributed by atoms with van der Waals surface area (Å²) in [5.41, 5.74) is 1.07. The van der Waals surface area contributed by atoms with E-state index in [1.807, 2.05) is 31.2 Å². The van der Waals surface area contributed by atoms with E-state index in [4.69, 9.17) is 11.6 Å². The third-order valence-corrected chi connectivity index (χ3v) is 2.58. The molecule has 0 aliphatic rings. The number of hydrogen-bond donors (Lipinski definition) is 1. The Morgan fingerprint density at radius 2 is 2.13 bits per heavy atom. The summed E-state index contributed by atoms with van der Waals surface area (Å²) in [5.74, 6) is 1.71. The minimum Gasteiger partial charge on any atom is -0.263 e. The molecule has 0 fully saturated rings. The molecule has 78 valence electrons. The van der Waals surface area contributed by atoms with Gasteiger partial charge in [0.25, 0.3) is 0 Å². The number of halogens is 1. The Balaban J connectivity index is 2.18. The van der Waals surface area contributed by atoms with E-state index in [0.29, 0.717) is 6.42 Å². The minimum absolute atomic E-state index is 0.701. The first-order valence-electron chi connectivity index (χ1n) is 4.93. The molecule has 15 heavy (non-hydrogen) atoms. The SMILES string of the molecule is CCc1n[nH]c(Cc2ccccc2Cl)n1. The van der Waals surface area contributed by atoms with Crippen LogP contribution in [-0.4, -0.2) is 15.2 Å². The minimum atomic E-state index is 0.701. The lowest BCUT2D eigenvalue weighted by Crippen LogP contribution is -1.92. The average molecular weight is 222 g/mol. The van der Waals surface area contributed by atoms with E-state index < -0.39 is 0 Å². The number of aromatic amines is 1. The second-order valence-corrected chi connectivity index (χ2v) is 3.73. The molecule has 1 aromatic carbocycles. The van der Waals surface area contributed by atoms with Gasteiger partial charge in [-0.3, -0.25) is 5.10 Å². The molecule has 0 saturated heterocycles. The van der Waals surface area contributed by atoms with Crippen molar-refractivity contribution in [2.75, 3.05) is 0 Å². The summed E-state index contributed by atoms with van der Waals surface area (Å²) in [6, 6.07) is 7.77. The molecule has 0 aliphatic heterocycles. The van der Waals surface area contributed by atoms with Gasteiger partial charge in [0, 0.05) is 17.9 Å². The Morgan fingerprint density at radius 3 is 2.80 bits per heavy atom. The molecule has 2 rings (SSSR count). The van der Waals surface area contributed by atoms with Gasteiger partial charge in [-0.2, -0.15) is 5.10 Å². The molecule has 2 aromatic rings. The number of aromatic nitrogens is 3. The van der Waals surface area contributed by atoms with Gasteiger partial charge in [0.15, 0.2) is 0 Å². The molecule has 1 aromatic heterocycles. The molecule has 1 N–H and O–H groups in total. The summed E-state index contributed by atoms with van der Waals surface area (Å²) >= 11 is 6.05. The van der Waals surface area contributed by atoms with Gasteiger partial charge >= 0.3 is 0 Å². The lowest BCUT2D eigenvalue weighted by atomic mass is 10.1. The van der Waals surface area contributed by atoms with Crippen molar-refractivity contribution in [1.82, 2.24) is 15.2 Å². The van der Waals surface area contributed by atoms with E-state index in [2.05, 4.69) is 15.2 Å². The fraction of sp³-hybridized carbons (Fsp3) is 0.273. The zero-order valence-corrected chi connectivity index (χ0v) is 9.25. The first-order chi connectivity index (χ1) is 7.29. The van der Waals surface area contributed by atoms with Crippen LogP contribution in [0.25, 0.3) is 0 Å². The third-order valence-electron chi connectivity index (χ3n) is 2.21. The molecule has 0 saturated carbocycles. The molecule has 4 heteroatoms. The predicted molar refractivity (Wildman–Crippen MR) is 60.0 cm³/mol. The molecule has 0 unspecified atom stereocenters. The Bertz CT molecular complexity index is 451. The molecule has 0 radical (unpaired) electrons. The summed E-state index contributed by atoms with van der Waals surface area (Å²) in [4.78, 5) is 4.34. The van der Waals surface area contributed by atoms with Gasteiger partial charge in [0.05, 0.1) is 0 Å². The summed E-state index contributed by atoms with van der Waals surface area (Å²) in [5, 5.41) is 7.76. The van der Waals surface area contributed by atoms with Crippen molar-refractivity contribution in [2.24, 2.45) is 0 Å². The number of hydrogen-bond acceptors (Lipinski definition) is 2. The number of nitrogens with zero attached hydrogens (tertiary/aromatic N) is 2. The standard InChI is InChI=1S/C11H12ClN3/c1-2-10-13-11(15-14-10)7-8-5-3-4-6-9(8)12/h3-6H,2,7H2,1H3,(H,13,14,15). The summed E-state index contributed by atoms with van der Waals surface area (Å²) in [7, 11) is 0. The highest BCUT2D eigenvalue weighted by Gasteiger charge is 2.04. The molecule has 0 amide bonds.